The van der Waals surface area contributed by atoms with Gasteiger partial charge >= 0.3 is 0 Å². The maximum Gasteiger partial charge on any atom is 0.214 e. The predicted molar refractivity (Wildman–Crippen MR) is 110 cm³/mol. The minimum absolute atomic E-state index is 0. The zero-order chi connectivity index (χ0) is 19.1. The number of carbonyl (C=O) groups is 1. The Morgan fingerprint density at radius 1 is 0.929 bits per heavy atom. The molecule has 1 atom stereocenters. The van der Waals surface area contributed by atoms with Crippen LogP contribution in [0.3, 0.4) is 0 Å². The Hall–Kier alpha value is -2.95. The summed E-state index contributed by atoms with van der Waals surface area (Å²) in [5.74, 6) is -0.0624. The summed E-state index contributed by atoms with van der Waals surface area (Å²) in [5, 5.41) is 2.01. The van der Waals surface area contributed by atoms with Crippen LogP contribution in [0, 0.1) is 0 Å². The molecule has 3 aromatic carbocycles. The number of anilines is 1. The van der Waals surface area contributed by atoms with Crippen molar-refractivity contribution in [1.82, 2.24) is 0 Å². The molecule has 5 heteroatoms. The first kappa shape index (κ1) is 19.8. The minimum Gasteiger partial charge on any atom is -1.00 e. The SMILES string of the molecule is C[C@H](N)C(=O)c1cccc2c1c(-c1ccc(N)cc1)c1ccccc1[n+]2C.[Cl-]. The van der Waals surface area contributed by atoms with Crippen molar-refractivity contribution < 1.29 is 21.8 Å². The minimum atomic E-state index is -0.563. The van der Waals surface area contributed by atoms with Gasteiger partial charge in [-0.3, -0.25) is 4.79 Å². The fourth-order valence-corrected chi connectivity index (χ4v) is 3.72. The van der Waals surface area contributed by atoms with Crippen LogP contribution in [-0.4, -0.2) is 11.8 Å². The van der Waals surface area contributed by atoms with Gasteiger partial charge in [0.15, 0.2) is 5.78 Å². The number of nitrogen functional groups attached to an aromatic ring is 1. The normalized spacial score (nSPS) is 12.0. The summed E-state index contributed by atoms with van der Waals surface area (Å²) >= 11 is 0. The van der Waals surface area contributed by atoms with Gasteiger partial charge in [-0.05, 0) is 30.7 Å². The van der Waals surface area contributed by atoms with Crippen molar-refractivity contribution in [2.75, 3.05) is 5.73 Å². The summed E-state index contributed by atoms with van der Waals surface area (Å²) in [6.07, 6.45) is 0. The van der Waals surface area contributed by atoms with Crippen LogP contribution in [0.1, 0.15) is 17.3 Å². The van der Waals surface area contributed by atoms with Crippen molar-refractivity contribution in [2.24, 2.45) is 12.8 Å². The van der Waals surface area contributed by atoms with Crippen LogP contribution in [0.5, 0.6) is 0 Å². The summed E-state index contributed by atoms with van der Waals surface area (Å²) in [6.45, 7) is 1.73. The van der Waals surface area contributed by atoms with Gasteiger partial charge in [-0.15, -0.1) is 0 Å². The molecule has 4 aromatic rings. The van der Waals surface area contributed by atoms with Gasteiger partial charge in [0.1, 0.15) is 7.05 Å². The Bertz CT molecular complexity index is 1180. The number of rotatable bonds is 3. The molecule has 28 heavy (non-hydrogen) atoms. The molecule has 0 saturated carbocycles. The topological polar surface area (TPSA) is 73.0 Å². The van der Waals surface area contributed by atoms with Gasteiger partial charge in [-0.2, -0.15) is 4.57 Å². The fraction of sp³-hybridized carbons (Fsp3) is 0.130. The number of para-hydroxylation sites is 1. The van der Waals surface area contributed by atoms with E-state index in [0.29, 0.717) is 11.3 Å². The molecule has 0 aliphatic carbocycles. The number of fused-ring (bicyclic) bond motifs is 2. The highest BCUT2D eigenvalue weighted by Gasteiger charge is 2.24. The van der Waals surface area contributed by atoms with Gasteiger partial charge in [0.2, 0.25) is 11.0 Å². The number of nitrogens with two attached hydrogens (primary N) is 2. The first-order valence-corrected chi connectivity index (χ1v) is 8.98. The predicted octanol–water partition coefficient (Wildman–Crippen LogP) is 0.601. The highest BCUT2D eigenvalue weighted by atomic mass is 35.5. The number of Topliss-reactive ketones (excluding diaryl/α,β-unsaturated/α-hetero) is 1. The zero-order valence-electron chi connectivity index (χ0n) is 15.8. The molecule has 1 aromatic heterocycles. The molecule has 0 saturated heterocycles. The highest BCUT2D eigenvalue weighted by Crippen LogP contribution is 2.36. The van der Waals surface area contributed by atoms with Crippen molar-refractivity contribution in [1.29, 1.82) is 0 Å². The fourth-order valence-electron chi connectivity index (χ4n) is 3.72. The van der Waals surface area contributed by atoms with Crippen molar-refractivity contribution in [3.8, 4) is 11.1 Å². The summed E-state index contributed by atoms with van der Waals surface area (Å²) in [4.78, 5) is 12.9. The van der Waals surface area contributed by atoms with Crippen molar-refractivity contribution in [3.63, 3.8) is 0 Å². The van der Waals surface area contributed by atoms with E-state index in [2.05, 4.69) is 16.7 Å². The number of pyridine rings is 1. The van der Waals surface area contributed by atoms with Gasteiger partial charge in [-0.25, -0.2) is 0 Å². The third-order valence-corrected chi connectivity index (χ3v) is 5.07. The van der Waals surface area contributed by atoms with Crippen molar-refractivity contribution in [3.05, 3.63) is 72.3 Å². The van der Waals surface area contributed by atoms with Crippen LogP contribution in [0.15, 0.2) is 66.7 Å². The van der Waals surface area contributed by atoms with Crippen LogP contribution in [0.4, 0.5) is 5.69 Å². The van der Waals surface area contributed by atoms with Gasteiger partial charge < -0.3 is 23.9 Å². The molecular formula is C23H22ClN3O. The monoisotopic (exact) mass is 391 g/mol. The second kappa shape index (κ2) is 7.58. The quantitative estimate of drug-likeness (QED) is 0.232. The second-order valence-electron chi connectivity index (χ2n) is 6.93. The van der Waals surface area contributed by atoms with Gasteiger partial charge in [0, 0.05) is 28.9 Å². The van der Waals surface area contributed by atoms with E-state index in [-0.39, 0.29) is 18.2 Å². The average Bonchev–Trinajstić information content (AvgIpc) is 2.68. The number of hydrogen-bond acceptors (Lipinski definition) is 3. The number of ketones is 1. The molecule has 1 heterocycles. The lowest BCUT2D eigenvalue weighted by atomic mass is 9.90. The summed E-state index contributed by atoms with van der Waals surface area (Å²) in [7, 11) is 2.03. The van der Waals surface area contributed by atoms with Crippen LogP contribution in [-0.2, 0) is 7.05 Å². The second-order valence-corrected chi connectivity index (χ2v) is 6.93. The smallest absolute Gasteiger partial charge is 0.214 e. The zero-order valence-corrected chi connectivity index (χ0v) is 16.6. The third kappa shape index (κ3) is 3.11. The lowest BCUT2D eigenvalue weighted by Gasteiger charge is -2.14. The summed E-state index contributed by atoms with van der Waals surface area (Å²) < 4.78 is 2.13. The first-order chi connectivity index (χ1) is 13.0. The number of aryl methyl sites for hydroxylation is 1. The molecule has 142 valence electrons. The Kier molecular flexibility index (Phi) is 5.36. The standard InChI is InChI=1S/C23H21N3O.ClH/c1-14(24)23(27)18-7-5-9-20-22(18)21(15-10-12-16(25)13-11-15)17-6-3-4-8-19(17)26(20)2;/h3-14,25H,24H2,1-2H3;1H/t14-;/m0./s1. The maximum absolute atomic E-state index is 12.9. The molecular weight excluding hydrogens is 370 g/mol. The van der Waals surface area contributed by atoms with Crippen LogP contribution >= 0.6 is 0 Å². The molecule has 0 aliphatic heterocycles. The molecule has 0 amide bonds. The molecule has 0 unspecified atom stereocenters. The van der Waals surface area contributed by atoms with E-state index in [1.165, 1.54) is 0 Å². The molecule has 4 N–H and O–H groups in total. The van der Waals surface area contributed by atoms with E-state index >= 15 is 0 Å². The Morgan fingerprint density at radius 3 is 2.25 bits per heavy atom. The molecule has 4 rings (SSSR count). The largest absolute Gasteiger partial charge is 1.00 e. The number of benzene rings is 3. The molecule has 0 bridgehead atoms. The Balaban J connectivity index is 0.00000225. The number of hydrogen-bond donors (Lipinski definition) is 2. The number of aromatic nitrogens is 1. The van der Waals surface area contributed by atoms with E-state index in [0.717, 1.165) is 32.9 Å². The summed E-state index contributed by atoms with van der Waals surface area (Å²) in [6, 6.07) is 21.3. The Labute approximate surface area is 170 Å². The Morgan fingerprint density at radius 2 is 1.57 bits per heavy atom. The average molecular weight is 392 g/mol. The van der Waals surface area contributed by atoms with Gasteiger partial charge in [0.05, 0.1) is 16.8 Å². The number of nitrogens with zero attached hydrogens (tertiary/aromatic N) is 1. The van der Waals surface area contributed by atoms with Gasteiger partial charge in [-0.1, -0.05) is 36.4 Å². The third-order valence-electron chi connectivity index (χ3n) is 5.07. The van der Waals surface area contributed by atoms with Crippen LogP contribution < -0.4 is 28.4 Å². The lowest BCUT2D eigenvalue weighted by Crippen LogP contribution is -3.00. The first-order valence-electron chi connectivity index (χ1n) is 8.98. The van der Waals surface area contributed by atoms with E-state index in [1.54, 1.807) is 6.92 Å². The molecule has 0 spiro atoms. The molecule has 0 aliphatic rings. The van der Waals surface area contributed by atoms with Crippen LogP contribution in [0.2, 0.25) is 0 Å². The van der Waals surface area contributed by atoms with E-state index in [4.69, 9.17) is 11.5 Å². The van der Waals surface area contributed by atoms with Gasteiger partial charge in [0.25, 0.3) is 0 Å². The van der Waals surface area contributed by atoms with E-state index in [9.17, 15) is 4.79 Å². The lowest BCUT2D eigenvalue weighted by molar-refractivity contribution is -0.617. The molecule has 0 fully saturated rings. The van der Waals surface area contributed by atoms with Crippen LogP contribution in [0.25, 0.3) is 32.9 Å². The number of halogens is 1. The molecule has 0 radical (unpaired) electrons. The van der Waals surface area contributed by atoms with Crippen molar-refractivity contribution in [2.45, 2.75) is 13.0 Å². The molecule has 4 nitrogen and oxygen atoms in total. The highest BCUT2D eigenvalue weighted by molar-refractivity contribution is 6.17. The van der Waals surface area contributed by atoms with Crippen molar-refractivity contribution >= 4 is 33.3 Å². The maximum atomic E-state index is 12.9. The summed E-state index contributed by atoms with van der Waals surface area (Å²) in [5.41, 5.74) is 17.3. The number of carbonyl (C=O) groups excluding carboxylic acids is 1. The van der Waals surface area contributed by atoms with E-state index < -0.39 is 6.04 Å². The van der Waals surface area contributed by atoms with E-state index in [1.807, 2.05) is 61.6 Å².